The van der Waals surface area contributed by atoms with Gasteiger partial charge in [0.15, 0.2) is 22.6 Å². The minimum atomic E-state index is -2.16. The maximum Gasteiger partial charge on any atom is 0.336 e. The zero-order valence-corrected chi connectivity index (χ0v) is 28.0. The van der Waals surface area contributed by atoms with Crippen molar-refractivity contribution < 1.29 is 69.4 Å². The number of fused-ring (bicyclic) bond motifs is 2. The van der Waals surface area contributed by atoms with Gasteiger partial charge in [-0.2, -0.15) is 0 Å². The number of hydrogen-bond donors (Lipinski definition) is 11. The van der Waals surface area contributed by atoms with E-state index in [1.54, 1.807) is 6.07 Å². The maximum absolute atomic E-state index is 12.7. The summed E-state index contributed by atoms with van der Waals surface area (Å²) < 4.78 is 23.0. The molecule has 1 aliphatic carbocycles. The molecule has 0 spiro atoms. The van der Waals surface area contributed by atoms with Crippen LogP contribution < -0.4 is 16.1 Å². The summed E-state index contributed by atoms with van der Waals surface area (Å²) in [5.74, 6) is -3.43. The lowest BCUT2D eigenvalue weighted by Crippen LogP contribution is -2.70. The summed E-state index contributed by atoms with van der Waals surface area (Å²) in [5, 5.41) is 98.6. The molecule has 10 atom stereocenters. The van der Waals surface area contributed by atoms with Crippen molar-refractivity contribution in [3.8, 4) is 28.2 Å². The summed E-state index contributed by atoms with van der Waals surface area (Å²) in [4.78, 5) is 24.8. The Hall–Kier alpha value is -4.31. The van der Waals surface area contributed by atoms with E-state index < -0.39 is 80.0 Å². The fraction of sp³-hybridized carbons (Fsp3) is 0.382. The molecule has 2 saturated heterocycles. The molecule has 17 nitrogen and oxygen atoms in total. The van der Waals surface area contributed by atoms with Gasteiger partial charge in [0.25, 0.3) is 0 Å². The predicted octanol–water partition coefficient (Wildman–Crippen LogP) is -0.731. The van der Waals surface area contributed by atoms with Crippen LogP contribution in [-0.2, 0) is 14.2 Å². The van der Waals surface area contributed by atoms with Crippen molar-refractivity contribution in [3.63, 3.8) is 0 Å². The van der Waals surface area contributed by atoms with E-state index in [1.165, 1.54) is 55.5 Å². The van der Waals surface area contributed by atoms with Gasteiger partial charge in [-0.3, -0.25) is 4.79 Å². The number of anilines is 1. The lowest BCUT2D eigenvalue weighted by atomic mass is 9.90. The summed E-state index contributed by atoms with van der Waals surface area (Å²) in [6.45, 7) is -0.347. The van der Waals surface area contributed by atoms with E-state index in [4.69, 9.17) is 30.8 Å². The molecule has 11 N–H and O–H groups in total. The number of carbonyl (C=O) groups is 1. The van der Waals surface area contributed by atoms with E-state index in [1.807, 2.05) is 0 Å². The van der Waals surface area contributed by atoms with Gasteiger partial charge in [-0.1, -0.05) is 6.07 Å². The first-order valence-corrected chi connectivity index (χ1v) is 16.3. The van der Waals surface area contributed by atoms with Gasteiger partial charge in [0.05, 0.1) is 18.8 Å². The molecule has 6 rings (SSSR count). The van der Waals surface area contributed by atoms with E-state index >= 15 is 0 Å². The zero-order chi connectivity index (χ0) is 37.6. The van der Waals surface area contributed by atoms with E-state index in [9.17, 15) is 55.5 Å². The van der Waals surface area contributed by atoms with E-state index in [-0.39, 0.29) is 44.4 Å². The number of aliphatic hydroxyl groups excluding tert-OH is 7. The summed E-state index contributed by atoms with van der Waals surface area (Å²) in [6, 6.07) is 11.2. The fourth-order valence-electron chi connectivity index (χ4n) is 6.45. The van der Waals surface area contributed by atoms with Crippen LogP contribution in [0.4, 0.5) is 5.69 Å². The number of carboxylic acids is 1. The number of phenols is 1. The number of aromatic hydroxyl groups is 1. The molecule has 3 aliphatic heterocycles. The molecule has 2 fully saturated rings. The molecule has 4 aliphatic rings. The normalized spacial score (nSPS) is 30.7. The van der Waals surface area contributed by atoms with Gasteiger partial charge in [-0.25, -0.2) is 4.79 Å². The number of benzene rings is 3. The summed E-state index contributed by atoms with van der Waals surface area (Å²) in [5.41, 5.74) is 0.905. The Balaban J connectivity index is 1.30. The highest BCUT2D eigenvalue weighted by molar-refractivity contribution is 7.80. The van der Waals surface area contributed by atoms with Crippen LogP contribution >= 0.6 is 12.2 Å². The van der Waals surface area contributed by atoms with Gasteiger partial charge in [0, 0.05) is 34.3 Å². The molecule has 0 unspecified atom stereocenters. The van der Waals surface area contributed by atoms with Crippen LogP contribution in [0.1, 0.15) is 17.3 Å². The van der Waals surface area contributed by atoms with Crippen molar-refractivity contribution in [1.29, 1.82) is 0 Å². The average molecular weight is 745 g/mol. The molecular formula is C34H36N2O15S. The van der Waals surface area contributed by atoms with Crippen molar-refractivity contribution in [2.75, 3.05) is 18.5 Å². The minimum Gasteiger partial charge on any atom is -0.508 e. The van der Waals surface area contributed by atoms with Gasteiger partial charge in [-0.05, 0) is 61.1 Å². The molecule has 3 heterocycles. The Labute approximate surface area is 299 Å². The van der Waals surface area contributed by atoms with Gasteiger partial charge < -0.3 is 75.2 Å². The number of rotatable bonds is 8. The quantitative estimate of drug-likeness (QED) is 0.0783. The van der Waals surface area contributed by atoms with Crippen LogP contribution in [0.5, 0.6) is 5.75 Å². The van der Waals surface area contributed by atoms with Gasteiger partial charge in [0.1, 0.15) is 65.9 Å². The van der Waals surface area contributed by atoms with Crippen LogP contribution in [0.2, 0.25) is 0 Å². The maximum atomic E-state index is 12.7. The monoisotopic (exact) mass is 744 g/mol. The summed E-state index contributed by atoms with van der Waals surface area (Å²) >= 11 is 5.46. The molecule has 18 heteroatoms. The third-order valence-corrected chi connectivity index (χ3v) is 9.36. The van der Waals surface area contributed by atoms with Crippen LogP contribution in [0.25, 0.3) is 33.4 Å². The zero-order valence-electron chi connectivity index (χ0n) is 27.2. The molecule has 0 saturated carbocycles. The summed E-state index contributed by atoms with van der Waals surface area (Å²) in [6.07, 6.45) is -13.3. The van der Waals surface area contributed by atoms with Crippen molar-refractivity contribution in [1.82, 2.24) is 5.32 Å². The van der Waals surface area contributed by atoms with E-state index in [0.29, 0.717) is 16.5 Å². The van der Waals surface area contributed by atoms with Crippen LogP contribution in [0.15, 0.2) is 63.8 Å². The number of ether oxygens (including phenoxy) is 3. The molecular weight excluding hydrogens is 708 g/mol. The Bertz CT molecular complexity index is 2010. The Kier molecular flexibility index (Phi) is 10.5. The number of thiocarbonyl (C=S) groups is 1. The average Bonchev–Trinajstić information content (AvgIpc) is 3.11. The number of aliphatic hydroxyl groups is 7. The third-order valence-electron chi connectivity index (χ3n) is 9.14. The molecule has 0 bridgehead atoms. The fourth-order valence-corrected chi connectivity index (χ4v) is 6.71. The van der Waals surface area contributed by atoms with Crippen molar-refractivity contribution >= 4 is 40.0 Å². The van der Waals surface area contributed by atoms with Crippen LogP contribution in [0, 0.1) is 0 Å². The first-order chi connectivity index (χ1) is 24.6. The second-order valence-electron chi connectivity index (χ2n) is 12.6. The number of nitrogens with one attached hydrogen (secondary N) is 2. The molecule has 2 aromatic carbocycles. The van der Waals surface area contributed by atoms with Gasteiger partial charge in [0.2, 0.25) is 0 Å². The topological polar surface area (TPSA) is 281 Å². The molecule has 2 aromatic rings. The number of hydrogen-bond acceptors (Lipinski definition) is 15. The van der Waals surface area contributed by atoms with Crippen LogP contribution in [0.3, 0.4) is 0 Å². The second-order valence-corrected chi connectivity index (χ2v) is 13.0. The standard InChI is InChI=1S/C34H36N2O15S/c1-34(30(45)29(44)27(42)23(12-38)50-34)51-32-25(28(43)26(41)22(11-37)49-32)36-33(52)35-13-2-5-16(19(8-13)31(46)47)24-17-6-3-14(39)9-20(17)48-21-10-15(40)4-7-18(21)24/h2-10,22-23,25-30,32,37-39,41-45H,11-12H2,1H3,(H,46,47)(H2,35,36,52)/t22-,23+,25-,26+,27+,28-,29-,30+,32+,34+/m0/s1. The number of carboxylic acid groups (broad SMARTS) is 1. The Morgan fingerprint density at radius 1 is 0.904 bits per heavy atom. The second kappa shape index (κ2) is 14.6. The van der Waals surface area contributed by atoms with Crippen molar-refractivity contribution in [2.24, 2.45) is 0 Å². The molecule has 0 radical (unpaired) electrons. The lowest BCUT2D eigenvalue weighted by Gasteiger charge is -2.50. The molecule has 0 amide bonds. The highest BCUT2D eigenvalue weighted by Gasteiger charge is 2.55. The smallest absolute Gasteiger partial charge is 0.336 e. The van der Waals surface area contributed by atoms with E-state index in [2.05, 4.69) is 10.6 Å². The minimum absolute atomic E-state index is 0.110. The number of aromatic carboxylic acids is 1. The number of phenolic OH excluding ortho intramolecular Hbond substituents is 1. The lowest BCUT2D eigenvalue weighted by molar-refractivity contribution is -0.407. The SMILES string of the molecule is C[C@]1(O[C@H]2O[C@@H](CO)[C@@H](O)[C@@H](O)[C@@H]2NC(=S)Nc2ccc(-c3c4ccc(=O)cc-4oc4cc(O)ccc34)c(C(=O)O)c2)O[C@H](CO)[C@@H](O)[C@H](O)[C@H]1O. The van der Waals surface area contributed by atoms with Gasteiger partial charge >= 0.3 is 5.97 Å². The molecule has 0 aromatic heterocycles. The summed E-state index contributed by atoms with van der Waals surface area (Å²) in [7, 11) is 0. The van der Waals surface area contributed by atoms with Crippen LogP contribution in [-0.4, -0.2) is 131 Å². The predicted molar refractivity (Wildman–Crippen MR) is 184 cm³/mol. The highest BCUT2D eigenvalue weighted by atomic mass is 32.1. The third kappa shape index (κ3) is 6.94. The Morgan fingerprint density at radius 3 is 2.29 bits per heavy atom. The molecule has 52 heavy (non-hydrogen) atoms. The Morgan fingerprint density at radius 2 is 1.60 bits per heavy atom. The highest BCUT2D eigenvalue weighted by Crippen LogP contribution is 2.42. The first kappa shape index (κ1) is 37.4. The first-order valence-electron chi connectivity index (χ1n) is 15.9. The van der Waals surface area contributed by atoms with Gasteiger partial charge in [-0.15, -0.1) is 0 Å². The molecule has 278 valence electrons. The largest absolute Gasteiger partial charge is 0.508 e. The van der Waals surface area contributed by atoms with Crippen molar-refractivity contribution in [2.45, 2.75) is 67.8 Å². The van der Waals surface area contributed by atoms with Crippen molar-refractivity contribution in [3.05, 3.63) is 70.4 Å². The van der Waals surface area contributed by atoms with E-state index in [0.717, 1.165) is 0 Å².